The molecule has 9 heteroatoms. The van der Waals surface area contributed by atoms with Crippen LogP contribution in [-0.4, -0.2) is 48.9 Å². The van der Waals surface area contributed by atoms with Gasteiger partial charge in [-0.1, -0.05) is 24.3 Å². The van der Waals surface area contributed by atoms with Crippen LogP contribution in [0.3, 0.4) is 0 Å². The number of hydrogen-bond acceptors (Lipinski definition) is 6. The van der Waals surface area contributed by atoms with Gasteiger partial charge in [-0.3, -0.25) is 14.2 Å². The average Bonchev–Trinajstić information content (AvgIpc) is 2.84. The van der Waals surface area contributed by atoms with Gasteiger partial charge in [0, 0.05) is 36.6 Å². The average molecular weight is 482 g/mol. The van der Waals surface area contributed by atoms with Gasteiger partial charge >= 0.3 is 0 Å². The van der Waals surface area contributed by atoms with E-state index in [1.807, 2.05) is 52.1 Å². The van der Waals surface area contributed by atoms with Gasteiger partial charge in [-0.25, -0.2) is 9.37 Å². The van der Waals surface area contributed by atoms with E-state index in [1.165, 1.54) is 10.8 Å². The molecule has 0 saturated heterocycles. The van der Waals surface area contributed by atoms with Crippen molar-refractivity contribution in [2.45, 2.75) is 26.3 Å². The summed E-state index contributed by atoms with van der Waals surface area (Å²) in [5, 5.41) is 8.83. The summed E-state index contributed by atoms with van der Waals surface area (Å²) in [6.07, 6.45) is 3.09. The van der Waals surface area contributed by atoms with Crippen LogP contribution in [-0.2, 0) is 5.54 Å². The fraction of sp³-hybridized carbons (Fsp3) is 0.346. The predicted molar refractivity (Wildman–Crippen MR) is 135 cm³/mol. The SMILES string of the molecule is CNCCOc1ccccc1C(C)(C)Nc1nccn(-c2cc(C(=O)NCCF)ccc2C)c1=O. The van der Waals surface area contributed by atoms with E-state index in [2.05, 4.69) is 20.9 Å². The highest BCUT2D eigenvalue weighted by Crippen LogP contribution is 2.31. The zero-order chi connectivity index (χ0) is 25.4. The van der Waals surface area contributed by atoms with Crippen molar-refractivity contribution in [1.29, 1.82) is 0 Å². The van der Waals surface area contributed by atoms with Crippen LogP contribution in [0.5, 0.6) is 5.75 Å². The molecule has 0 radical (unpaired) electrons. The Kier molecular flexibility index (Phi) is 8.59. The second-order valence-electron chi connectivity index (χ2n) is 8.60. The summed E-state index contributed by atoms with van der Waals surface area (Å²) in [4.78, 5) is 30.0. The molecule has 2 aromatic carbocycles. The van der Waals surface area contributed by atoms with Crippen LogP contribution < -0.4 is 26.2 Å². The predicted octanol–water partition coefficient (Wildman–Crippen LogP) is 3.19. The van der Waals surface area contributed by atoms with E-state index in [-0.39, 0.29) is 17.9 Å². The Morgan fingerprint density at radius 3 is 2.69 bits per heavy atom. The number of benzene rings is 2. The summed E-state index contributed by atoms with van der Waals surface area (Å²) < 4.78 is 19.8. The van der Waals surface area contributed by atoms with Crippen LogP contribution in [0.15, 0.2) is 59.7 Å². The van der Waals surface area contributed by atoms with Crippen molar-refractivity contribution in [3.63, 3.8) is 0 Å². The summed E-state index contributed by atoms with van der Waals surface area (Å²) in [6.45, 7) is 6.25. The van der Waals surface area contributed by atoms with Crippen LogP contribution >= 0.6 is 0 Å². The molecule has 0 atom stereocenters. The maximum absolute atomic E-state index is 13.4. The van der Waals surface area contributed by atoms with E-state index in [4.69, 9.17) is 4.74 Å². The summed E-state index contributed by atoms with van der Waals surface area (Å²) >= 11 is 0. The number of ether oxygens (including phenoxy) is 1. The maximum atomic E-state index is 13.4. The van der Waals surface area contributed by atoms with Crippen LogP contribution in [0.1, 0.15) is 35.3 Å². The van der Waals surface area contributed by atoms with E-state index < -0.39 is 18.1 Å². The first-order chi connectivity index (χ1) is 16.8. The monoisotopic (exact) mass is 481 g/mol. The van der Waals surface area contributed by atoms with Gasteiger partial charge in [-0.2, -0.15) is 0 Å². The van der Waals surface area contributed by atoms with Crippen molar-refractivity contribution < 1.29 is 13.9 Å². The molecule has 186 valence electrons. The minimum Gasteiger partial charge on any atom is -0.492 e. The second-order valence-corrected chi connectivity index (χ2v) is 8.60. The van der Waals surface area contributed by atoms with Gasteiger partial charge in [0.1, 0.15) is 19.0 Å². The molecule has 0 spiro atoms. The Hall–Kier alpha value is -3.72. The Balaban J connectivity index is 1.94. The van der Waals surface area contributed by atoms with Gasteiger partial charge in [0.25, 0.3) is 11.5 Å². The molecular formula is C26H32FN5O3. The summed E-state index contributed by atoms with van der Waals surface area (Å²) in [6, 6.07) is 12.7. The van der Waals surface area contributed by atoms with Crippen LogP contribution in [0.4, 0.5) is 10.2 Å². The minimum absolute atomic E-state index is 0.0689. The summed E-state index contributed by atoms with van der Waals surface area (Å²) in [5.41, 5.74) is 1.53. The number of halogens is 1. The molecule has 1 heterocycles. The van der Waals surface area contributed by atoms with E-state index in [0.717, 1.165) is 16.9 Å². The molecule has 3 aromatic rings. The third-order valence-corrected chi connectivity index (χ3v) is 5.55. The quantitative estimate of drug-likeness (QED) is 0.364. The summed E-state index contributed by atoms with van der Waals surface area (Å²) in [7, 11) is 1.86. The first-order valence-electron chi connectivity index (χ1n) is 11.5. The molecule has 3 rings (SSSR count). The van der Waals surface area contributed by atoms with E-state index in [0.29, 0.717) is 24.4 Å². The molecule has 0 aliphatic rings. The fourth-order valence-electron chi connectivity index (χ4n) is 3.70. The lowest BCUT2D eigenvalue weighted by Gasteiger charge is -2.29. The van der Waals surface area contributed by atoms with E-state index in [1.54, 1.807) is 24.4 Å². The largest absolute Gasteiger partial charge is 0.492 e. The van der Waals surface area contributed by atoms with Crippen LogP contribution in [0.2, 0.25) is 0 Å². The highest BCUT2D eigenvalue weighted by atomic mass is 19.1. The van der Waals surface area contributed by atoms with Gasteiger partial charge in [0.05, 0.1) is 11.2 Å². The van der Waals surface area contributed by atoms with Gasteiger partial charge < -0.3 is 20.7 Å². The Morgan fingerprint density at radius 1 is 1.17 bits per heavy atom. The normalized spacial score (nSPS) is 11.2. The Bertz CT molecular complexity index is 1230. The molecule has 1 amide bonds. The van der Waals surface area contributed by atoms with E-state index in [9.17, 15) is 14.0 Å². The van der Waals surface area contributed by atoms with Crippen molar-refractivity contribution >= 4 is 11.7 Å². The zero-order valence-electron chi connectivity index (χ0n) is 20.5. The molecule has 0 aliphatic heterocycles. The lowest BCUT2D eigenvalue weighted by atomic mass is 9.93. The number of nitrogens with one attached hydrogen (secondary N) is 3. The number of aryl methyl sites for hydroxylation is 1. The third-order valence-electron chi connectivity index (χ3n) is 5.55. The van der Waals surface area contributed by atoms with Crippen molar-refractivity contribution in [3.05, 3.63) is 81.9 Å². The maximum Gasteiger partial charge on any atom is 0.297 e. The second kappa shape index (κ2) is 11.6. The number of carbonyl (C=O) groups excluding carboxylic acids is 1. The van der Waals surface area contributed by atoms with Crippen molar-refractivity contribution in [3.8, 4) is 11.4 Å². The number of carbonyl (C=O) groups is 1. The third kappa shape index (κ3) is 6.24. The molecule has 0 saturated carbocycles. The molecular weight excluding hydrogens is 449 g/mol. The highest BCUT2D eigenvalue weighted by molar-refractivity contribution is 5.94. The number of aromatic nitrogens is 2. The lowest BCUT2D eigenvalue weighted by molar-refractivity contribution is 0.0951. The van der Waals surface area contributed by atoms with Crippen LogP contribution in [0.25, 0.3) is 5.69 Å². The Morgan fingerprint density at radius 2 is 1.94 bits per heavy atom. The molecule has 1 aromatic heterocycles. The molecule has 3 N–H and O–H groups in total. The molecule has 0 fully saturated rings. The summed E-state index contributed by atoms with van der Waals surface area (Å²) in [5.74, 6) is 0.480. The fourth-order valence-corrected chi connectivity index (χ4v) is 3.70. The Labute approximate surface area is 204 Å². The molecule has 35 heavy (non-hydrogen) atoms. The standard InChI is InChI=1S/C26H32FN5O3/c1-18-9-10-19(24(33)30-12-11-27)17-21(18)32-15-13-29-23(25(32)34)31-26(2,3)20-7-5-6-8-22(20)35-16-14-28-4/h5-10,13,15,17,28H,11-12,14,16H2,1-4H3,(H,29,31)(H,30,33). The topological polar surface area (TPSA) is 97.3 Å². The van der Waals surface area contributed by atoms with Crippen LogP contribution in [0, 0.1) is 6.92 Å². The van der Waals surface area contributed by atoms with Gasteiger partial charge in [0.2, 0.25) is 0 Å². The van der Waals surface area contributed by atoms with Gasteiger partial charge in [-0.15, -0.1) is 0 Å². The number of para-hydroxylation sites is 1. The first kappa shape index (κ1) is 25.9. The zero-order valence-corrected chi connectivity index (χ0v) is 20.5. The smallest absolute Gasteiger partial charge is 0.297 e. The number of anilines is 1. The van der Waals surface area contributed by atoms with Gasteiger partial charge in [0.15, 0.2) is 5.82 Å². The number of hydrogen-bond donors (Lipinski definition) is 3. The minimum atomic E-state index is -0.676. The van der Waals surface area contributed by atoms with E-state index >= 15 is 0 Å². The van der Waals surface area contributed by atoms with Crippen molar-refractivity contribution in [2.75, 3.05) is 38.7 Å². The van der Waals surface area contributed by atoms with Crippen molar-refractivity contribution in [2.24, 2.45) is 0 Å². The first-order valence-corrected chi connectivity index (χ1v) is 11.5. The number of likely N-dealkylation sites (N-methyl/N-ethyl adjacent to an activating group) is 1. The molecule has 0 unspecified atom stereocenters. The number of rotatable bonds is 11. The molecule has 8 nitrogen and oxygen atoms in total. The molecule has 0 aliphatic carbocycles. The number of amides is 1. The number of nitrogens with zero attached hydrogens (tertiary/aromatic N) is 2. The van der Waals surface area contributed by atoms with Gasteiger partial charge in [-0.05, 0) is 51.6 Å². The lowest BCUT2D eigenvalue weighted by Crippen LogP contribution is -2.34. The van der Waals surface area contributed by atoms with Crippen molar-refractivity contribution in [1.82, 2.24) is 20.2 Å². The number of alkyl halides is 1. The molecule has 0 bridgehead atoms. The highest BCUT2D eigenvalue weighted by Gasteiger charge is 2.26.